The Morgan fingerprint density at radius 3 is 2.88 bits per heavy atom. The Morgan fingerprint density at radius 2 is 2.18 bits per heavy atom. The lowest BCUT2D eigenvalue weighted by Crippen LogP contribution is -2.45. The Labute approximate surface area is 103 Å². The van der Waals surface area contributed by atoms with Gasteiger partial charge in [0, 0.05) is 18.3 Å². The van der Waals surface area contributed by atoms with Crippen LogP contribution in [0, 0.1) is 6.92 Å². The van der Waals surface area contributed by atoms with E-state index < -0.39 is 0 Å². The largest absolute Gasteiger partial charge is 0.336 e. The van der Waals surface area contributed by atoms with Crippen LogP contribution in [0.25, 0.3) is 0 Å². The maximum absolute atomic E-state index is 12.1. The third-order valence-corrected chi connectivity index (χ3v) is 3.01. The number of anilines is 1. The third-order valence-electron chi connectivity index (χ3n) is 3.01. The van der Waals surface area contributed by atoms with Crippen molar-refractivity contribution in [3.8, 4) is 0 Å². The molecule has 0 saturated heterocycles. The van der Waals surface area contributed by atoms with E-state index in [-0.39, 0.29) is 12.1 Å². The average molecular weight is 232 g/mol. The van der Waals surface area contributed by atoms with Gasteiger partial charge in [-0.25, -0.2) is 4.79 Å². The molecule has 0 atom stereocenters. The van der Waals surface area contributed by atoms with Crippen molar-refractivity contribution in [2.45, 2.75) is 39.7 Å². The number of amides is 2. The van der Waals surface area contributed by atoms with Crippen LogP contribution >= 0.6 is 0 Å². The Balaban J connectivity index is 2.25. The van der Waals surface area contributed by atoms with Crippen molar-refractivity contribution in [2.75, 3.05) is 11.4 Å². The van der Waals surface area contributed by atoms with E-state index in [4.69, 9.17) is 0 Å². The highest BCUT2D eigenvalue weighted by atomic mass is 16.2. The van der Waals surface area contributed by atoms with Gasteiger partial charge in [0.25, 0.3) is 0 Å². The maximum atomic E-state index is 12.1. The van der Waals surface area contributed by atoms with Gasteiger partial charge in [0.1, 0.15) is 0 Å². The SMILES string of the molecule is Cc1ccc2c(c1)CCCN2C(=O)NC(C)C. The fourth-order valence-corrected chi connectivity index (χ4v) is 2.26. The maximum Gasteiger partial charge on any atom is 0.322 e. The molecule has 0 radical (unpaired) electrons. The van der Waals surface area contributed by atoms with Gasteiger partial charge in [0.15, 0.2) is 0 Å². The molecule has 1 aliphatic heterocycles. The fourth-order valence-electron chi connectivity index (χ4n) is 2.26. The highest BCUT2D eigenvalue weighted by Gasteiger charge is 2.22. The normalized spacial score (nSPS) is 14.7. The minimum atomic E-state index is 0.0183. The lowest BCUT2D eigenvalue weighted by molar-refractivity contribution is 0.243. The lowest BCUT2D eigenvalue weighted by Gasteiger charge is -2.30. The van der Waals surface area contributed by atoms with Crippen LogP contribution in [0.4, 0.5) is 10.5 Å². The van der Waals surface area contributed by atoms with E-state index in [1.165, 1.54) is 11.1 Å². The van der Waals surface area contributed by atoms with Gasteiger partial charge in [-0.05, 0) is 45.2 Å². The Kier molecular flexibility index (Phi) is 3.36. The molecule has 92 valence electrons. The van der Waals surface area contributed by atoms with Crippen molar-refractivity contribution in [2.24, 2.45) is 0 Å². The smallest absolute Gasteiger partial charge is 0.322 e. The van der Waals surface area contributed by atoms with E-state index in [1.807, 2.05) is 18.7 Å². The predicted molar refractivity (Wildman–Crippen MR) is 70.5 cm³/mol. The second kappa shape index (κ2) is 4.78. The molecule has 0 bridgehead atoms. The van der Waals surface area contributed by atoms with Crippen LogP contribution in [0.2, 0.25) is 0 Å². The van der Waals surface area contributed by atoms with E-state index in [9.17, 15) is 4.79 Å². The van der Waals surface area contributed by atoms with Crippen LogP contribution in [0.3, 0.4) is 0 Å². The van der Waals surface area contributed by atoms with Gasteiger partial charge in [0.05, 0.1) is 0 Å². The van der Waals surface area contributed by atoms with E-state index in [0.29, 0.717) is 0 Å². The number of urea groups is 1. The zero-order chi connectivity index (χ0) is 12.4. The molecule has 3 nitrogen and oxygen atoms in total. The molecular formula is C14H20N2O. The summed E-state index contributed by atoms with van der Waals surface area (Å²) in [5.41, 5.74) is 3.62. The molecule has 3 heteroatoms. The Bertz CT molecular complexity index is 426. The molecule has 1 aromatic rings. The van der Waals surface area contributed by atoms with Crippen molar-refractivity contribution < 1.29 is 4.79 Å². The van der Waals surface area contributed by atoms with E-state index in [1.54, 1.807) is 0 Å². The van der Waals surface area contributed by atoms with E-state index >= 15 is 0 Å². The Morgan fingerprint density at radius 1 is 1.41 bits per heavy atom. The summed E-state index contributed by atoms with van der Waals surface area (Å²) < 4.78 is 0. The lowest BCUT2D eigenvalue weighted by atomic mass is 10.00. The number of carbonyl (C=O) groups is 1. The first-order valence-corrected chi connectivity index (χ1v) is 6.25. The van der Waals surface area contributed by atoms with Crippen LogP contribution in [-0.4, -0.2) is 18.6 Å². The summed E-state index contributed by atoms with van der Waals surface area (Å²) in [6, 6.07) is 6.51. The molecule has 0 unspecified atom stereocenters. The number of nitrogens with one attached hydrogen (secondary N) is 1. The first kappa shape index (κ1) is 12.0. The van der Waals surface area contributed by atoms with Gasteiger partial charge in [-0.1, -0.05) is 17.7 Å². The summed E-state index contributed by atoms with van der Waals surface area (Å²) in [6.07, 6.45) is 2.12. The monoisotopic (exact) mass is 232 g/mol. The molecule has 0 saturated carbocycles. The first-order valence-electron chi connectivity index (χ1n) is 6.25. The van der Waals surface area contributed by atoms with Gasteiger partial charge in [0.2, 0.25) is 0 Å². The number of hydrogen-bond acceptors (Lipinski definition) is 1. The number of fused-ring (bicyclic) bond motifs is 1. The number of hydrogen-bond donors (Lipinski definition) is 1. The topological polar surface area (TPSA) is 32.3 Å². The molecule has 17 heavy (non-hydrogen) atoms. The van der Waals surface area contributed by atoms with Crippen molar-refractivity contribution in [1.29, 1.82) is 0 Å². The minimum absolute atomic E-state index is 0.0183. The molecule has 0 spiro atoms. The summed E-state index contributed by atoms with van der Waals surface area (Å²) >= 11 is 0. The van der Waals surface area contributed by atoms with E-state index in [0.717, 1.165) is 25.1 Å². The first-order chi connectivity index (χ1) is 8.08. The summed E-state index contributed by atoms with van der Waals surface area (Å²) in [4.78, 5) is 13.9. The van der Waals surface area contributed by atoms with Crippen molar-refractivity contribution >= 4 is 11.7 Å². The van der Waals surface area contributed by atoms with Gasteiger partial charge < -0.3 is 5.32 Å². The molecule has 0 aliphatic carbocycles. The molecule has 2 rings (SSSR count). The predicted octanol–water partition coefficient (Wildman–Crippen LogP) is 2.87. The molecular weight excluding hydrogens is 212 g/mol. The molecule has 1 aromatic carbocycles. The van der Waals surface area contributed by atoms with Gasteiger partial charge >= 0.3 is 6.03 Å². The zero-order valence-corrected chi connectivity index (χ0v) is 10.8. The Hall–Kier alpha value is -1.51. The van der Waals surface area contributed by atoms with Crippen molar-refractivity contribution in [1.82, 2.24) is 5.32 Å². The van der Waals surface area contributed by atoms with E-state index in [2.05, 4.69) is 30.4 Å². The van der Waals surface area contributed by atoms with Gasteiger partial charge in [-0.3, -0.25) is 4.90 Å². The number of carbonyl (C=O) groups excluding carboxylic acids is 1. The van der Waals surface area contributed by atoms with Crippen molar-refractivity contribution in [3.63, 3.8) is 0 Å². The van der Waals surface area contributed by atoms with Crippen molar-refractivity contribution in [3.05, 3.63) is 29.3 Å². The number of nitrogens with zero attached hydrogens (tertiary/aromatic N) is 1. The third kappa shape index (κ3) is 2.60. The minimum Gasteiger partial charge on any atom is -0.336 e. The van der Waals surface area contributed by atoms with Gasteiger partial charge in [-0.15, -0.1) is 0 Å². The second-order valence-corrected chi connectivity index (χ2v) is 4.99. The molecule has 1 N–H and O–H groups in total. The molecule has 2 amide bonds. The summed E-state index contributed by atoms with van der Waals surface area (Å²) in [5, 5.41) is 2.95. The molecule has 0 aromatic heterocycles. The number of rotatable bonds is 1. The highest BCUT2D eigenvalue weighted by molar-refractivity contribution is 5.93. The van der Waals surface area contributed by atoms with Gasteiger partial charge in [-0.2, -0.15) is 0 Å². The standard InChI is InChI=1S/C14H20N2O/c1-10(2)15-14(17)16-8-4-5-12-9-11(3)6-7-13(12)16/h6-7,9-10H,4-5,8H2,1-3H3,(H,15,17). The van der Waals surface area contributed by atoms with Crippen LogP contribution in [0.15, 0.2) is 18.2 Å². The van der Waals surface area contributed by atoms with Crippen LogP contribution in [0.1, 0.15) is 31.4 Å². The average Bonchev–Trinajstić information content (AvgIpc) is 2.26. The highest BCUT2D eigenvalue weighted by Crippen LogP contribution is 2.27. The molecule has 0 fully saturated rings. The summed E-state index contributed by atoms with van der Waals surface area (Å²) in [6.45, 7) is 6.87. The fraction of sp³-hybridized carbons (Fsp3) is 0.500. The van der Waals surface area contributed by atoms with Crippen LogP contribution in [0.5, 0.6) is 0 Å². The van der Waals surface area contributed by atoms with Crippen LogP contribution in [-0.2, 0) is 6.42 Å². The summed E-state index contributed by atoms with van der Waals surface area (Å²) in [7, 11) is 0. The summed E-state index contributed by atoms with van der Waals surface area (Å²) in [5.74, 6) is 0. The molecule has 1 aliphatic rings. The zero-order valence-electron chi connectivity index (χ0n) is 10.8. The number of aryl methyl sites for hydroxylation is 2. The van der Waals surface area contributed by atoms with Crippen LogP contribution < -0.4 is 10.2 Å². The number of benzene rings is 1. The molecule has 1 heterocycles. The quantitative estimate of drug-likeness (QED) is 0.793. The second-order valence-electron chi connectivity index (χ2n) is 4.99.